The molecule has 0 atom stereocenters. The lowest BCUT2D eigenvalue weighted by atomic mass is 10.2. The highest BCUT2D eigenvalue weighted by Crippen LogP contribution is 2.11. The lowest BCUT2D eigenvalue weighted by Gasteiger charge is -2.26. The van der Waals surface area contributed by atoms with Crippen molar-refractivity contribution in [2.45, 2.75) is 13.0 Å². The molecule has 0 spiro atoms. The van der Waals surface area contributed by atoms with E-state index in [4.69, 9.17) is 4.74 Å². The van der Waals surface area contributed by atoms with Crippen molar-refractivity contribution in [1.82, 2.24) is 10.2 Å². The van der Waals surface area contributed by atoms with Crippen LogP contribution in [0.5, 0.6) is 0 Å². The Balaban J connectivity index is 1.63. The van der Waals surface area contributed by atoms with Gasteiger partial charge >= 0.3 is 0 Å². The average Bonchev–Trinajstić information content (AvgIpc) is 2.42. The first-order chi connectivity index (χ1) is 9.27. The molecule has 1 saturated heterocycles. The van der Waals surface area contributed by atoms with Gasteiger partial charge in [-0.2, -0.15) is 0 Å². The fourth-order valence-electron chi connectivity index (χ4n) is 2.17. The molecule has 3 nitrogen and oxygen atoms in total. The largest absolute Gasteiger partial charge is 0.379 e. The molecule has 1 aliphatic rings. The summed E-state index contributed by atoms with van der Waals surface area (Å²) < 4.78 is 32.0. The summed E-state index contributed by atoms with van der Waals surface area (Å²) in [6.07, 6.45) is 0.968. The number of rotatable bonds is 6. The Morgan fingerprint density at radius 3 is 2.53 bits per heavy atom. The smallest absolute Gasteiger partial charge is 0.130 e. The van der Waals surface area contributed by atoms with Crippen LogP contribution in [0.4, 0.5) is 8.78 Å². The lowest BCUT2D eigenvalue weighted by Crippen LogP contribution is -2.37. The number of hydrogen-bond donors (Lipinski definition) is 1. The summed E-state index contributed by atoms with van der Waals surface area (Å²) >= 11 is 0. The van der Waals surface area contributed by atoms with Crippen molar-refractivity contribution in [3.63, 3.8) is 0 Å². The SMILES string of the molecule is Fc1cccc(F)c1CNCCCN1CCOCC1. The van der Waals surface area contributed by atoms with Crippen molar-refractivity contribution in [3.05, 3.63) is 35.4 Å². The highest BCUT2D eigenvalue weighted by atomic mass is 19.1. The molecule has 0 bridgehead atoms. The number of benzene rings is 1. The predicted molar refractivity (Wildman–Crippen MR) is 69.9 cm³/mol. The van der Waals surface area contributed by atoms with E-state index in [-0.39, 0.29) is 12.1 Å². The van der Waals surface area contributed by atoms with Gasteiger partial charge in [0.25, 0.3) is 0 Å². The molecule has 1 N–H and O–H groups in total. The topological polar surface area (TPSA) is 24.5 Å². The van der Waals surface area contributed by atoms with Crippen LogP contribution in [0.25, 0.3) is 0 Å². The zero-order chi connectivity index (χ0) is 13.5. The van der Waals surface area contributed by atoms with E-state index in [0.717, 1.165) is 45.8 Å². The maximum Gasteiger partial charge on any atom is 0.130 e. The van der Waals surface area contributed by atoms with E-state index in [9.17, 15) is 8.78 Å². The summed E-state index contributed by atoms with van der Waals surface area (Å²) in [5, 5.41) is 3.09. The number of halogens is 2. The van der Waals surface area contributed by atoms with Crippen molar-refractivity contribution < 1.29 is 13.5 Å². The average molecular weight is 270 g/mol. The Morgan fingerprint density at radius 2 is 1.84 bits per heavy atom. The van der Waals surface area contributed by atoms with Crippen LogP contribution >= 0.6 is 0 Å². The first kappa shape index (κ1) is 14.4. The molecule has 0 amide bonds. The van der Waals surface area contributed by atoms with E-state index in [1.807, 2.05) is 0 Å². The van der Waals surface area contributed by atoms with Gasteiger partial charge < -0.3 is 10.1 Å². The summed E-state index contributed by atoms with van der Waals surface area (Å²) in [6.45, 7) is 5.54. The molecule has 106 valence electrons. The van der Waals surface area contributed by atoms with Gasteiger partial charge in [-0.25, -0.2) is 8.78 Å². The number of hydrogen-bond acceptors (Lipinski definition) is 3. The Kier molecular flexibility index (Phi) is 5.69. The highest BCUT2D eigenvalue weighted by Gasteiger charge is 2.10. The molecular formula is C14H20F2N2O. The van der Waals surface area contributed by atoms with Crippen LogP contribution < -0.4 is 5.32 Å². The summed E-state index contributed by atoms with van der Waals surface area (Å²) in [5.74, 6) is -0.971. The lowest BCUT2D eigenvalue weighted by molar-refractivity contribution is 0.0374. The quantitative estimate of drug-likeness (QED) is 0.797. The summed E-state index contributed by atoms with van der Waals surface area (Å²) in [5.41, 5.74) is 0.119. The van der Waals surface area contributed by atoms with E-state index >= 15 is 0 Å². The molecule has 2 rings (SSSR count). The summed E-state index contributed by atoms with van der Waals surface area (Å²) in [6, 6.07) is 3.95. The molecule has 0 saturated carbocycles. The van der Waals surface area contributed by atoms with Gasteiger partial charge in [0.15, 0.2) is 0 Å². The third-order valence-electron chi connectivity index (χ3n) is 3.30. The molecular weight excluding hydrogens is 250 g/mol. The van der Waals surface area contributed by atoms with E-state index in [1.165, 1.54) is 18.2 Å². The molecule has 0 aliphatic carbocycles. The molecule has 1 aromatic carbocycles. The molecule has 19 heavy (non-hydrogen) atoms. The molecule has 0 unspecified atom stereocenters. The molecule has 0 aromatic heterocycles. The Hall–Kier alpha value is -1.04. The van der Waals surface area contributed by atoms with Gasteiger partial charge in [0, 0.05) is 25.2 Å². The second-order valence-corrected chi connectivity index (χ2v) is 4.68. The molecule has 0 radical (unpaired) electrons. The van der Waals surface area contributed by atoms with Gasteiger partial charge in [0.1, 0.15) is 11.6 Å². The maximum atomic E-state index is 13.3. The number of nitrogens with zero attached hydrogens (tertiary/aromatic N) is 1. The van der Waals surface area contributed by atoms with Crippen molar-refractivity contribution in [3.8, 4) is 0 Å². The van der Waals surface area contributed by atoms with Gasteiger partial charge in [-0.05, 0) is 31.6 Å². The van der Waals surface area contributed by atoms with Crippen LogP contribution in [0.3, 0.4) is 0 Å². The van der Waals surface area contributed by atoms with Crippen LogP contribution in [-0.4, -0.2) is 44.3 Å². The van der Waals surface area contributed by atoms with Gasteiger partial charge in [-0.1, -0.05) is 6.07 Å². The fourth-order valence-corrected chi connectivity index (χ4v) is 2.17. The van der Waals surface area contributed by atoms with Gasteiger partial charge in [-0.3, -0.25) is 4.90 Å². The molecule has 1 aliphatic heterocycles. The van der Waals surface area contributed by atoms with Crippen LogP contribution in [0, 0.1) is 11.6 Å². The van der Waals surface area contributed by atoms with E-state index in [1.54, 1.807) is 0 Å². The van der Waals surface area contributed by atoms with Crippen molar-refractivity contribution in [2.75, 3.05) is 39.4 Å². The second-order valence-electron chi connectivity index (χ2n) is 4.68. The maximum absolute atomic E-state index is 13.3. The first-order valence-electron chi connectivity index (χ1n) is 6.71. The van der Waals surface area contributed by atoms with Crippen LogP contribution in [-0.2, 0) is 11.3 Å². The fraction of sp³-hybridized carbons (Fsp3) is 0.571. The normalized spacial score (nSPS) is 16.7. The van der Waals surface area contributed by atoms with Crippen LogP contribution in [0.1, 0.15) is 12.0 Å². The highest BCUT2D eigenvalue weighted by molar-refractivity contribution is 5.19. The summed E-state index contributed by atoms with van der Waals surface area (Å²) in [7, 11) is 0. The zero-order valence-electron chi connectivity index (χ0n) is 11.0. The molecule has 5 heteroatoms. The minimum atomic E-state index is -0.485. The minimum absolute atomic E-state index is 0.119. The molecule has 1 aromatic rings. The molecule has 1 fully saturated rings. The van der Waals surface area contributed by atoms with Gasteiger partial charge in [0.2, 0.25) is 0 Å². The van der Waals surface area contributed by atoms with E-state index < -0.39 is 11.6 Å². The van der Waals surface area contributed by atoms with Crippen LogP contribution in [0.2, 0.25) is 0 Å². The number of morpholine rings is 1. The van der Waals surface area contributed by atoms with E-state index in [0.29, 0.717) is 0 Å². The van der Waals surface area contributed by atoms with E-state index in [2.05, 4.69) is 10.2 Å². The van der Waals surface area contributed by atoms with Gasteiger partial charge in [0.05, 0.1) is 13.2 Å². The van der Waals surface area contributed by atoms with Crippen molar-refractivity contribution >= 4 is 0 Å². The van der Waals surface area contributed by atoms with Gasteiger partial charge in [-0.15, -0.1) is 0 Å². The first-order valence-corrected chi connectivity index (χ1v) is 6.71. The minimum Gasteiger partial charge on any atom is -0.379 e. The third-order valence-corrected chi connectivity index (χ3v) is 3.30. The number of ether oxygens (including phenoxy) is 1. The van der Waals surface area contributed by atoms with Crippen molar-refractivity contribution in [1.29, 1.82) is 0 Å². The van der Waals surface area contributed by atoms with Crippen LogP contribution in [0.15, 0.2) is 18.2 Å². The third kappa shape index (κ3) is 4.53. The molecule has 1 heterocycles. The number of nitrogens with one attached hydrogen (secondary N) is 1. The zero-order valence-corrected chi connectivity index (χ0v) is 11.0. The Morgan fingerprint density at radius 1 is 1.16 bits per heavy atom. The second kappa shape index (κ2) is 7.53. The predicted octanol–water partition coefficient (Wildman–Crippen LogP) is 1.78. The summed E-state index contributed by atoms with van der Waals surface area (Å²) in [4.78, 5) is 2.34. The standard InChI is InChI=1S/C14H20F2N2O/c15-13-3-1-4-14(16)12(13)11-17-5-2-6-18-7-9-19-10-8-18/h1,3-4,17H,2,5-11H2. The van der Waals surface area contributed by atoms with Crippen molar-refractivity contribution in [2.24, 2.45) is 0 Å². The monoisotopic (exact) mass is 270 g/mol. The Labute approximate surface area is 112 Å². The Bertz CT molecular complexity index is 375.